The minimum absolute atomic E-state index is 0.641. The van der Waals surface area contributed by atoms with Gasteiger partial charge in [-0.1, -0.05) is 140 Å². The Hall–Kier alpha value is -7.50. The van der Waals surface area contributed by atoms with Gasteiger partial charge in [0, 0.05) is 43.3 Å². The molecule has 0 atom stereocenters. The minimum Gasteiger partial charge on any atom is -0.454 e. The minimum atomic E-state index is 0.641. The number of para-hydroxylation sites is 5. The number of aromatic nitrogens is 4. The van der Waals surface area contributed by atoms with E-state index in [1.54, 1.807) is 0 Å². The normalized spacial score (nSPS) is 12.0. The Kier molecular flexibility index (Phi) is 6.27. The van der Waals surface area contributed by atoms with E-state index in [0.717, 1.165) is 77.2 Å². The molecule has 0 N–H and O–H groups in total. The third kappa shape index (κ3) is 4.35. The monoisotopic (exact) mass is 702 g/mol. The number of nitrogens with zero attached hydrogens (tertiary/aromatic N) is 4. The summed E-state index contributed by atoms with van der Waals surface area (Å²) < 4.78 is 11.2. The molecule has 0 aliphatic heterocycles. The molecule has 0 spiro atoms. The Bertz CT molecular complexity index is 3480. The lowest BCUT2D eigenvalue weighted by Gasteiger charge is -2.12. The van der Waals surface area contributed by atoms with Crippen molar-refractivity contribution in [1.29, 1.82) is 0 Å². The van der Waals surface area contributed by atoms with Gasteiger partial charge < -0.3 is 8.98 Å². The molecule has 0 aliphatic rings. The third-order valence-corrected chi connectivity index (χ3v) is 11.2. The van der Waals surface area contributed by atoms with Crippen molar-refractivity contribution in [2.75, 3.05) is 0 Å². The molecule has 0 amide bonds. The fourth-order valence-corrected chi connectivity index (χ4v) is 8.74. The first-order chi connectivity index (χ1) is 27.3. The predicted molar refractivity (Wildman–Crippen MR) is 226 cm³/mol. The predicted octanol–water partition coefficient (Wildman–Crippen LogP) is 13.1. The SMILES string of the molecule is c1ccc(-c2ccc(-c3nc(-n4c5ccccc5c5c6c7ccccc7n(-c7cccc8c7oc7ccccc78)c6ccc54)nc4ccccc34)cc2)cc1. The van der Waals surface area contributed by atoms with Crippen LogP contribution in [-0.2, 0) is 0 Å². The number of benzene rings is 8. The molecule has 4 heterocycles. The lowest BCUT2D eigenvalue weighted by Crippen LogP contribution is -2.03. The van der Waals surface area contributed by atoms with E-state index in [-0.39, 0.29) is 0 Å². The number of hydrogen-bond acceptors (Lipinski definition) is 3. The van der Waals surface area contributed by atoms with Gasteiger partial charge in [-0.2, -0.15) is 0 Å². The summed E-state index contributed by atoms with van der Waals surface area (Å²) in [4.78, 5) is 10.7. The average molecular weight is 703 g/mol. The summed E-state index contributed by atoms with van der Waals surface area (Å²) >= 11 is 0. The second kappa shape index (κ2) is 11.5. The van der Waals surface area contributed by atoms with E-state index in [2.05, 4.69) is 167 Å². The van der Waals surface area contributed by atoms with Crippen molar-refractivity contribution in [3.05, 3.63) is 182 Å². The molecule has 0 fully saturated rings. The highest BCUT2D eigenvalue weighted by Gasteiger charge is 2.23. The average Bonchev–Trinajstić information content (AvgIpc) is 3.91. The van der Waals surface area contributed by atoms with Crippen molar-refractivity contribution in [2.24, 2.45) is 0 Å². The highest BCUT2D eigenvalue weighted by atomic mass is 16.3. The second-order valence-electron chi connectivity index (χ2n) is 14.1. The summed E-state index contributed by atoms with van der Waals surface area (Å²) in [6.45, 7) is 0. The van der Waals surface area contributed by atoms with Crippen molar-refractivity contribution in [1.82, 2.24) is 19.1 Å². The van der Waals surface area contributed by atoms with E-state index >= 15 is 0 Å². The lowest BCUT2D eigenvalue weighted by molar-refractivity contribution is 0.666. The van der Waals surface area contributed by atoms with Crippen LogP contribution in [-0.4, -0.2) is 19.1 Å². The molecule has 5 heteroatoms. The standard InChI is InChI=1S/C50H30N4O/c1-2-13-31(14-3-1)32-25-27-33(28-26-32)48-36-16-4-8-20-39(36)51-50(52-48)54-41-22-10-6-18-38(41)47-43(54)30-29-42-46(47)37-17-5-9-21-40(37)53(42)44-23-12-19-35-34-15-7-11-24-45(34)55-49(35)44/h1-30H. The quantitative estimate of drug-likeness (QED) is 0.183. The molecule has 12 rings (SSSR count). The van der Waals surface area contributed by atoms with Gasteiger partial charge in [-0.25, -0.2) is 9.97 Å². The lowest BCUT2D eigenvalue weighted by atomic mass is 10.0. The number of furan rings is 1. The van der Waals surface area contributed by atoms with Crippen LogP contribution in [0.3, 0.4) is 0 Å². The molecule has 0 bridgehead atoms. The van der Waals surface area contributed by atoms with E-state index in [4.69, 9.17) is 14.4 Å². The second-order valence-corrected chi connectivity index (χ2v) is 14.1. The zero-order valence-electron chi connectivity index (χ0n) is 29.5. The van der Waals surface area contributed by atoms with Gasteiger partial charge in [0.1, 0.15) is 5.58 Å². The molecule has 256 valence electrons. The van der Waals surface area contributed by atoms with Gasteiger partial charge in [0.2, 0.25) is 5.95 Å². The first-order valence-electron chi connectivity index (χ1n) is 18.6. The highest BCUT2D eigenvalue weighted by molar-refractivity contribution is 6.29. The Balaban J connectivity index is 1.14. The maximum atomic E-state index is 6.60. The molecule has 0 saturated heterocycles. The van der Waals surface area contributed by atoms with Gasteiger partial charge in [0.15, 0.2) is 5.58 Å². The Morgan fingerprint density at radius 1 is 0.364 bits per heavy atom. The maximum absolute atomic E-state index is 6.60. The fraction of sp³-hybridized carbons (Fsp3) is 0. The number of fused-ring (bicyclic) bond motifs is 11. The summed E-state index contributed by atoms with van der Waals surface area (Å²) in [6.07, 6.45) is 0. The van der Waals surface area contributed by atoms with Crippen LogP contribution in [0.5, 0.6) is 0 Å². The van der Waals surface area contributed by atoms with Gasteiger partial charge in [-0.15, -0.1) is 0 Å². The zero-order chi connectivity index (χ0) is 36.0. The molecule has 55 heavy (non-hydrogen) atoms. The Morgan fingerprint density at radius 3 is 1.69 bits per heavy atom. The molecular weight excluding hydrogens is 673 g/mol. The van der Waals surface area contributed by atoms with Crippen molar-refractivity contribution in [3.63, 3.8) is 0 Å². The van der Waals surface area contributed by atoms with E-state index in [1.807, 2.05) is 24.3 Å². The smallest absolute Gasteiger partial charge is 0.235 e. The highest BCUT2D eigenvalue weighted by Crippen LogP contribution is 2.44. The van der Waals surface area contributed by atoms with Crippen LogP contribution < -0.4 is 0 Å². The third-order valence-electron chi connectivity index (χ3n) is 11.2. The fourth-order valence-electron chi connectivity index (χ4n) is 8.74. The molecule has 0 radical (unpaired) electrons. The van der Waals surface area contributed by atoms with Gasteiger partial charge in [-0.3, -0.25) is 4.57 Å². The molecule has 0 aliphatic carbocycles. The van der Waals surface area contributed by atoms with Crippen LogP contribution in [0.4, 0.5) is 0 Å². The van der Waals surface area contributed by atoms with E-state index in [9.17, 15) is 0 Å². The molecule has 4 aromatic heterocycles. The Labute approximate surface area is 315 Å². The molecule has 12 aromatic rings. The topological polar surface area (TPSA) is 48.8 Å². The number of rotatable bonds is 4. The van der Waals surface area contributed by atoms with Crippen LogP contribution in [0, 0.1) is 0 Å². The molecular formula is C50H30N4O. The molecule has 0 saturated carbocycles. The largest absolute Gasteiger partial charge is 0.454 e. The molecule has 8 aromatic carbocycles. The van der Waals surface area contributed by atoms with Crippen LogP contribution in [0.2, 0.25) is 0 Å². The first kappa shape index (κ1) is 30.0. The van der Waals surface area contributed by atoms with E-state index < -0.39 is 0 Å². The van der Waals surface area contributed by atoms with Crippen molar-refractivity contribution < 1.29 is 4.42 Å². The first-order valence-corrected chi connectivity index (χ1v) is 18.6. The van der Waals surface area contributed by atoms with Gasteiger partial charge in [-0.05, 0) is 53.6 Å². The molecule has 5 nitrogen and oxygen atoms in total. The maximum Gasteiger partial charge on any atom is 0.235 e. The van der Waals surface area contributed by atoms with Crippen LogP contribution in [0.15, 0.2) is 186 Å². The summed E-state index contributed by atoms with van der Waals surface area (Å²) in [5.74, 6) is 0.641. The van der Waals surface area contributed by atoms with Crippen LogP contribution in [0.25, 0.3) is 110 Å². The summed E-state index contributed by atoms with van der Waals surface area (Å²) in [7, 11) is 0. The number of hydrogen-bond donors (Lipinski definition) is 0. The zero-order valence-corrected chi connectivity index (χ0v) is 29.5. The van der Waals surface area contributed by atoms with Crippen LogP contribution in [0.1, 0.15) is 0 Å². The van der Waals surface area contributed by atoms with Crippen molar-refractivity contribution in [3.8, 4) is 34.0 Å². The summed E-state index contributed by atoms with van der Waals surface area (Å²) in [6, 6.07) is 64.1. The summed E-state index contributed by atoms with van der Waals surface area (Å²) in [5.41, 5.74) is 12.3. The van der Waals surface area contributed by atoms with Crippen molar-refractivity contribution in [2.45, 2.75) is 0 Å². The summed E-state index contributed by atoms with van der Waals surface area (Å²) in [5, 5.41) is 7.93. The van der Waals surface area contributed by atoms with Gasteiger partial charge in [0.05, 0.1) is 39.0 Å². The molecule has 0 unspecified atom stereocenters. The van der Waals surface area contributed by atoms with E-state index in [0.29, 0.717) is 5.95 Å². The van der Waals surface area contributed by atoms with E-state index in [1.165, 1.54) is 27.3 Å². The van der Waals surface area contributed by atoms with Gasteiger partial charge in [0.25, 0.3) is 0 Å². The Morgan fingerprint density at radius 2 is 0.927 bits per heavy atom. The van der Waals surface area contributed by atoms with Crippen LogP contribution >= 0.6 is 0 Å². The van der Waals surface area contributed by atoms with Gasteiger partial charge >= 0.3 is 0 Å². The van der Waals surface area contributed by atoms with Crippen molar-refractivity contribution >= 4 is 76.5 Å².